The van der Waals surface area contributed by atoms with Gasteiger partial charge in [0.15, 0.2) is 5.76 Å². The third-order valence-electron chi connectivity index (χ3n) is 5.38. The second-order valence-corrected chi connectivity index (χ2v) is 7.70. The number of anilines is 1. The van der Waals surface area contributed by atoms with E-state index in [1.165, 1.54) is 6.26 Å². The highest BCUT2D eigenvalue weighted by Crippen LogP contribution is 2.28. The van der Waals surface area contributed by atoms with Crippen molar-refractivity contribution in [2.24, 2.45) is 0 Å². The van der Waals surface area contributed by atoms with Gasteiger partial charge in [0.25, 0.3) is 11.8 Å². The highest BCUT2D eigenvalue weighted by atomic mass is 16.5. The number of hydrogen-bond donors (Lipinski definition) is 2. The van der Waals surface area contributed by atoms with Crippen LogP contribution in [0.3, 0.4) is 0 Å². The first-order chi connectivity index (χ1) is 16.0. The lowest BCUT2D eigenvalue weighted by atomic mass is 10.1. The molecule has 3 aromatic heterocycles. The van der Waals surface area contributed by atoms with Crippen molar-refractivity contribution in [3.63, 3.8) is 0 Å². The summed E-state index contributed by atoms with van der Waals surface area (Å²) in [6.45, 7) is 4.57. The van der Waals surface area contributed by atoms with Gasteiger partial charge in [0.1, 0.15) is 0 Å². The Hall–Kier alpha value is -4.40. The summed E-state index contributed by atoms with van der Waals surface area (Å²) in [6.07, 6.45) is 2.31. The van der Waals surface area contributed by atoms with Gasteiger partial charge in [0.2, 0.25) is 5.82 Å². The van der Waals surface area contributed by atoms with Gasteiger partial charge in [-0.3, -0.25) is 9.36 Å². The fourth-order valence-corrected chi connectivity index (χ4v) is 3.69. The average Bonchev–Trinajstić information content (AvgIpc) is 3.56. The van der Waals surface area contributed by atoms with Gasteiger partial charge in [0.05, 0.1) is 17.3 Å². The van der Waals surface area contributed by atoms with Gasteiger partial charge in [-0.2, -0.15) is 4.98 Å². The molecule has 2 N–H and O–H groups in total. The number of benzene rings is 2. The van der Waals surface area contributed by atoms with Crippen molar-refractivity contribution >= 4 is 22.6 Å². The van der Waals surface area contributed by atoms with Crippen molar-refractivity contribution in [3.8, 4) is 22.8 Å². The van der Waals surface area contributed by atoms with Crippen LogP contribution in [0.1, 0.15) is 29.5 Å². The number of hydrogen-bond acceptors (Lipinski definition) is 6. The Bertz CT molecular complexity index is 1510. The molecule has 0 aliphatic heterocycles. The average molecular weight is 443 g/mol. The Balaban J connectivity index is 1.44. The van der Waals surface area contributed by atoms with Crippen molar-refractivity contribution in [1.29, 1.82) is 0 Å². The van der Waals surface area contributed by atoms with Crippen LogP contribution in [0.15, 0.2) is 68.5 Å². The summed E-state index contributed by atoms with van der Waals surface area (Å²) in [5, 5.41) is 6.94. The fraction of sp³-hybridized carbons (Fsp3) is 0.167. The highest BCUT2D eigenvalue weighted by molar-refractivity contribution is 6.02. The smallest absolute Gasteiger partial charge is 0.326 e. The number of imidazole rings is 1. The van der Waals surface area contributed by atoms with Crippen LogP contribution in [-0.4, -0.2) is 25.6 Å². The summed E-state index contributed by atoms with van der Waals surface area (Å²) in [4.78, 5) is 31.9. The molecule has 9 nitrogen and oxygen atoms in total. The van der Waals surface area contributed by atoms with E-state index in [-0.39, 0.29) is 17.4 Å². The van der Waals surface area contributed by atoms with E-state index in [0.29, 0.717) is 29.5 Å². The number of aromatic nitrogens is 4. The van der Waals surface area contributed by atoms with Crippen molar-refractivity contribution in [1.82, 2.24) is 19.7 Å². The molecular formula is C24H21N5O4. The topological polar surface area (TPSA) is 119 Å². The van der Waals surface area contributed by atoms with Gasteiger partial charge >= 0.3 is 5.69 Å². The molecule has 5 aromatic rings. The Morgan fingerprint density at radius 3 is 2.79 bits per heavy atom. The summed E-state index contributed by atoms with van der Waals surface area (Å²) >= 11 is 0. The Kier molecular flexibility index (Phi) is 5.14. The first kappa shape index (κ1) is 20.5. The summed E-state index contributed by atoms with van der Waals surface area (Å²) in [6, 6.07) is 14.3. The molecule has 33 heavy (non-hydrogen) atoms. The molecule has 9 heteroatoms. The second-order valence-electron chi connectivity index (χ2n) is 7.70. The van der Waals surface area contributed by atoms with Crippen molar-refractivity contribution in [2.75, 3.05) is 5.32 Å². The Morgan fingerprint density at radius 1 is 1.15 bits per heavy atom. The predicted octanol–water partition coefficient (Wildman–Crippen LogP) is 4.61. The molecule has 0 saturated carbocycles. The van der Waals surface area contributed by atoms with Gasteiger partial charge < -0.3 is 19.2 Å². The van der Waals surface area contributed by atoms with Crippen molar-refractivity contribution < 1.29 is 13.7 Å². The van der Waals surface area contributed by atoms with E-state index in [9.17, 15) is 9.59 Å². The number of furan rings is 1. The van der Waals surface area contributed by atoms with Crippen molar-refractivity contribution in [2.45, 2.75) is 26.8 Å². The molecule has 0 unspecified atom stereocenters. The van der Waals surface area contributed by atoms with Crippen LogP contribution in [0.4, 0.5) is 5.69 Å². The largest absolute Gasteiger partial charge is 0.459 e. The monoisotopic (exact) mass is 443 g/mol. The number of aromatic amines is 1. The molecule has 0 spiro atoms. The first-order valence-corrected chi connectivity index (χ1v) is 10.6. The molecule has 5 rings (SSSR count). The molecule has 3 heterocycles. The zero-order valence-corrected chi connectivity index (χ0v) is 18.1. The molecule has 166 valence electrons. The van der Waals surface area contributed by atoms with Gasteiger partial charge in [-0.1, -0.05) is 18.1 Å². The standard InChI is InChI=1S/C24H21N5O4/c1-3-10-29-19-9-8-15(12-18(19)26-24(29)31)21-27-23(33-28-21)16-7-6-14(2)17(13-16)25-22(30)20-5-4-11-32-20/h4-9,11-13H,3,10H2,1-2H3,(H,25,30)(H,26,31). The van der Waals surface area contributed by atoms with Crippen LogP contribution in [-0.2, 0) is 6.54 Å². The highest BCUT2D eigenvalue weighted by Gasteiger charge is 2.16. The van der Waals surface area contributed by atoms with Gasteiger partial charge in [-0.25, -0.2) is 4.79 Å². The number of carbonyl (C=O) groups excluding carboxylic acids is 1. The van der Waals surface area contributed by atoms with Crippen LogP contribution in [0.25, 0.3) is 33.9 Å². The van der Waals surface area contributed by atoms with E-state index in [1.54, 1.807) is 22.8 Å². The molecule has 0 saturated heterocycles. The molecule has 0 radical (unpaired) electrons. The maximum atomic E-state index is 12.4. The number of nitrogens with one attached hydrogen (secondary N) is 2. The molecule has 0 fully saturated rings. The minimum absolute atomic E-state index is 0.137. The SMILES string of the molecule is CCCn1c(=O)[nH]c2cc(-c3noc(-c4ccc(C)c(NC(=O)c5ccco5)c4)n3)ccc21. The minimum atomic E-state index is -0.344. The summed E-state index contributed by atoms with van der Waals surface area (Å²) in [5.74, 6) is 0.596. The van der Waals surface area contributed by atoms with E-state index in [2.05, 4.69) is 20.4 Å². The molecule has 1 amide bonds. The Labute approximate surface area is 188 Å². The molecular weight excluding hydrogens is 422 g/mol. The summed E-state index contributed by atoms with van der Waals surface area (Å²) < 4.78 is 12.4. The second kappa shape index (κ2) is 8.27. The van der Waals surface area contributed by atoms with Crippen LogP contribution < -0.4 is 11.0 Å². The molecule has 0 aliphatic carbocycles. The maximum Gasteiger partial charge on any atom is 0.326 e. The van der Waals surface area contributed by atoms with Crippen LogP contribution in [0.2, 0.25) is 0 Å². The van der Waals surface area contributed by atoms with Gasteiger partial charge in [-0.05, 0) is 61.4 Å². The summed E-state index contributed by atoms with van der Waals surface area (Å²) in [5.41, 5.74) is 4.30. The van der Waals surface area contributed by atoms with E-state index < -0.39 is 0 Å². The lowest BCUT2D eigenvalue weighted by molar-refractivity contribution is 0.0996. The van der Waals surface area contributed by atoms with Crippen LogP contribution >= 0.6 is 0 Å². The number of carbonyl (C=O) groups is 1. The predicted molar refractivity (Wildman–Crippen MR) is 123 cm³/mol. The third-order valence-corrected chi connectivity index (χ3v) is 5.38. The zero-order chi connectivity index (χ0) is 22.9. The van der Waals surface area contributed by atoms with Gasteiger partial charge in [0, 0.05) is 23.4 Å². The number of nitrogens with zero attached hydrogens (tertiary/aromatic N) is 3. The maximum absolute atomic E-state index is 12.4. The number of aryl methyl sites for hydroxylation is 2. The number of fused-ring (bicyclic) bond motifs is 1. The van der Waals surface area contributed by atoms with Crippen LogP contribution in [0.5, 0.6) is 0 Å². The molecule has 0 atom stereocenters. The normalized spacial score (nSPS) is 11.2. The molecule has 2 aromatic carbocycles. The number of amides is 1. The summed E-state index contributed by atoms with van der Waals surface area (Å²) in [7, 11) is 0. The fourth-order valence-electron chi connectivity index (χ4n) is 3.69. The van der Waals surface area contributed by atoms with E-state index >= 15 is 0 Å². The van der Waals surface area contributed by atoms with Gasteiger partial charge in [-0.15, -0.1) is 0 Å². The lowest BCUT2D eigenvalue weighted by Crippen LogP contribution is -2.16. The lowest BCUT2D eigenvalue weighted by Gasteiger charge is -2.08. The third kappa shape index (κ3) is 3.84. The quantitative estimate of drug-likeness (QED) is 0.396. The van der Waals surface area contributed by atoms with E-state index in [4.69, 9.17) is 8.94 Å². The molecule has 0 aliphatic rings. The minimum Gasteiger partial charge on any atom is -0.459 e. The molecule has 0 bridgehead atoms. The number of rotatable bonds is 6. The zero-order valence-electron chi connectivity index (χ0n) is 18.1. The first-order valence-electron chi connectivity index (χ1n) is 10.6. The number of H-pyrrole nitrogens is 1. The van der Waals surface area contributed by atoms with Crippen LogP contribution in [0, 0.1) is 6.92 Å². The van der Waals surface area contributed by atoms with E-state index in [1.807, 2.05) is 44.2 Å². The Morgan fingerprint density at radius 2 is 2.00 bits per heavy atom. The van der Waals surface area contributed by atoms with Crippen molar-refractivity contribution in [3.05, 3.63) is 76.6 Å². The van der Waals surface area contributed by atoms with E-state index in [0.717, 1.165) is 28.6 Å².